The number of hydrogen-bond donors (Lipinski definition) is 2. The lowest BCUT2D eigenvalue weighted by Crippen LogP contribution is -2.14. The molecule has 0 spiro atoms. The molecule has 2 heterocycles. The molecule has 10 heteroatoms. The van der Waals surface area contributed by atoms with Gasteiger partial charge in [-0.1, -0.05) is 11.6 Å². The topological polar surface area (TPSA) is 96.9 Å². The van der Waals surface area contributed by atoms with Gasteiger partial charge in [-0.3, -0.25) is 4.72 Å². The summed E-state index contributed by atoms with van der Waals surface area (Å²) in [6.07, 6.45) is 1.70. The summed E-state index contributed by atoms with van der Waals surface area (Å²) < 4.78 is 28.0. The molecule has 0 bridgehead atoms. The summed E-state index contributed by atoms with van der Waals surface area (Å²) in [4.78, 5) is 13.3. The first-order valence-corrected chi connectivity index (χ1v) is 10.3. The highest BCUT2D eigenvalue weighted by molar-refractivity contribution is 7.92. The Morgan fingerprint density at radius 3 is 2.50 bits per heavy atom. The smallest absolute Gasteiger partial charge is 0.263 e. The van der Waals surface area contributed by atoms with Crippen LogP contribution in [0.4, 0.5) is 11.5 Å². The van der Waals surface area contributed by atoms with Crippen molar-refractivity contribution in [2.24, 2.45) is 0 Å². The van der Waals surface area contributed by atoms with Crippen LogP contribution in [0.2, 0.25) is 4.47 Å². The van der Waals surface area contributed by atoms with Gasteiger partial charge in [0.15, 0.2) is 4.47 Å². The zero-order valence-corrected chi connectivity index (χ0v) is 16.4. The third-order valence-corrected chi connectivity index (χ3v) is 5.85. The minimum Gasteiger partial charge on any atom is -0.380 e. The molecule has 0 aliphatic carbocycles. The Kier molecular flexibility index (Phi) is 5.40. The average molecular weight is 410 g/mol. The normalized spacial score (nSPS) is 11.3. The van der Waals surface area contributed by atoms with Gasteiger partial charge in [-0.2, -0.15) is 0 Å². The molecule has 1 aromatic carbocycles. The van der Waals surface area contributed by atoms with E-state index in [1.807, 2.05) is 0 Å². The number of aryl methyl sites for hydroxylation is 2. The Morgan fingerprint density at radius 1 is 1.15 bits per heavy atom. The minimum absolute atomic E-state index is 0.151. The number of sulfonamides is 1. The highest BCUT2D eigenvalue weighted by Crippen LogP contribution is 2.21. The van der Waals surface area contributed by atoms with Gasteiger partial charge < -0.3 is 5.32 Å². The van der Waals surface area contributed by atoms with E-state index in [1.54, 1.807) is 38.2 Å². The number of nitrogens with zero attached hydrogens (tertiary/aromatic N) is 3. The standard InChI is InChI=1S/C16H16ClN5O2S2/c1-10-7-15(21-11(2)20-10)22-26(23,24)14-5-3-12(4-6-14)18-8-13-9-19-16(17)25-13/h3-7,9,18H,8H2,1-2H3,(H,20,21,22). The summed E-state index contributed by atoms with van der Waals surface area (Å²) in [6, 6.07) is 8.05. The molecule has 0 fully saturated rings. The van der Waals surface area contributed by atoms with E-state index in [9.17, 15) is 8.42 Å². The van der Waals surface area contributed by atoms with Crippen molar-refractivity contribution in [2.75, 3.05) is 10.0 Å². The maximum atomic E-state index is 12.5. The number of thiazole rings is 1. The lowest BCUT2D eigenvalue weighted by molar-refractivity contribution is 0.601. The van der Waals surface area contributed by atoms with Crippen molar-refractivity contribution < 1.29 is 8.42 Å². The Labute approximate surface area is 160 Å². The van der Waals surface area contributed by atoms with Crippen LogP contribution >= 0.6 is 22.9 Å². The molecular formula is C16H16ClN5O2S2. The van der Waals surface area contributed by atoms with Crippen molar-refractivity contribution in [1.82, 2.24) is 15.0 Å². The molecule has 0 radical (unpaired) electrons. The Hall–Kier alpha value is -2.23. The van der Waals surface area contributed by atoms with E-state index in [1.165, 1.54) is 23.5 Å². The van der Waals surface area contributed by atoms with Crippen LogP contribution in [0.5, 0.6) is 0 Å². The molecule has 2 N–H and O–H groups in total. The van der Waals surface area contributed by atoms with Gasteiger partial charge in [0.05, 0.1) is 11.4 Å². The van der Waals surface area contributed by atoms with Gasteiger partial charge in [0.25, 0.3) is 10.0 Å². The van der Waals surface area contributed by atoms with Gasteiger partial charge >= 0.3 is 0 Å². The van der Waals surface area contributed by atoms with Crippen LogP contribution in [0.15, 0.2) is 41.4 Å². The summed E-state index contributed by atoms with van der Waals surface area (Å²) in [6.45, 7) is 4.05. The molecule has 26 heavy (non-hydrogen) atoms. The largest absolute Gasteiger partial charge is 0.380 e. The molecule has 0 saturated heterocycles. The van der Waals surface area contributed by atoms with E-state index in [0.717, 1.165) is 10.6 Å². The molecule has 0 saturated carbocycles. The maximum absolute atomic E-state index is 12.5. The van der Waals surface area contributed by atoms with Crippen LogP contribution < -0.4 is 10.0 Å². The molecule has 0 aliphatic heterocycles. The molecule has 2 aromatic heterocycles. The minimum atomic E-state index is -3.72. The first-order valence-electron chi connectivity index (χ1n) is 7.61. The first-order chi connectivity index (χ1) is 12.3. The third-order valence-electron chi connectivity index (χ3n) is 3.36. The molecular weight excluding hydrogens is 394 g/mol. The summed E-state index contributed by atoms with van der Waals surface area (Å²) in [5.41, 5.74) is 1.49. The van der Waals surface area contributed by atoms with Gasteiger partial charge in [-0.15, -0.1) is 11.3 Å². The second-order valence-corrected chi connectivity index (χ2v) is 8.88. The van der Waals surface area contributed by atoms with E-state index < -0.39 is 10.0 Å². The number of hydrogen-bond acceptors (Lipinski definition) is 7. The van der Waals surface area contributed by atoms with Crippen LogP contribution in [0, 0.1) is 13.8 Å². The van der Waals surface area contributed by atoms with Crippen molar-refractivity contribution >= 4 is 44.5 Å². The highest BCUT2D eigenvalue weighted by atomic mass is 35.5. The zero-order chi connectivity index (χ0) is 18.7. The fraction of sp³-hybridized carbons (Fsp3) is 0.188. The zero-order valence-electron chi connectivity index (χ0n) is 14.0. The molecule has 3 rings (SSSR count). The van der Waals surface area contributed by atoms with E-state index in [-0.39, 0.29) is 10.7 Å². The maximum Gasteiger partial charge on any atom is 0.263 e. The summed E-state index contributed by atoms with van der Waals surface area (Å²) in [5.74, 6) is 0.754. The highest BCUT2D eigenvalue weighted by Gasteiger charge is 2.15. The lowest BCUT2D eigenvalue weighted by atomic mass is 10.3. The van der Waals surface area contributed by atoms with Crippen LogP contribution in [0.1, 0.15) is 16.4 Å². The number of anilines is 2. The number of nitrogens with one attached hydrogen (secondary N) is 2. The Balaban J connectivity index is 1.70. The van der Waals surface area contributed by atoms with Gasteiger partial charge in [-0.25, -0.2) is 23.4 Å². The quantitative estimate of drug-likeness (QED) is 0.645. The first kappa shape index (κ1) is 18.6. The number of aromatic nitrogens is 3. The van der Waals surface area contributed by atoms with Gasteiger partial charge in [-0.05, 0) is 38.1 Å². The molecule has 0 amide bonds. The molecule has 0 unspecified atom stereocenters. The number of rotatable bonds is 6. The molecule has 3 aromatic rings. The molecule has 136 valence electrons. The van der Waals surface area contributed by atoms with Crippen LogP contribution in [0.25, 0.3) is 0 Å². The third kappa shape index (κ3) is 4.69. The predicted molar refractivity (Wildman–Crippen MR) is 103 cm³/mol. The summed E-state index contributed by atoms with van der Waals surface area (Å²) in [7, 11) is -3.72. The average Bonchev–Trinajstić information content (AvgIpc) is 2.97. The van der Waals surface area contributed by atoms with E-state index >= 15 is 0 Å². The van der Waals surface area contributed by atoms with Gasteiger partial charge in [0.2, 0.25) is 0 Å². The molecule has 0 aliphatic rings. The van der Waals surface area contributed by atoms with E-state index in [0.29, 0.717) is 22.5 Å². The second-order valence-electron chi connectivity index (χ2n) is 5.50. The van der Waals surface area contributed by atoms with E-state index in [4.69, 9.17) is 11.6 Å². The van der Waals surface area contributed by atoms with Crippen molar-refractivity contribution in [3.05, 3.63) is 57.4 Å². The van der Waals surface area contributed by atoms with Crippen LogP contribution in [-0.4, -0.2) is 23.4 Å². The van der Waals surface area contributed by atoms with Gasteiger partial charge in [0, 0.05) is 28.5 Å². The summed E-state index contributed by atoms with van der Waals surface area (Å²) >= 11 is 7.19. The molecule has 0 atom stereocenters. The lowest BCUT2D eigenvalue weighted by Gasteiger charge is -2.10. The Morgan fingerprint density at radius 2 is 1.88 bits per heavy atom. The fourth-order valence-corrected chi connectivity index (χ4v) is 4.18. The number of halogens is 1. The predicted octanol–water partition coefficient (Wildman–Crippen LogP) is 3.62. The monoisotopic (exact) mass is 409 g/mol. The van der Waals surface area contributed by atoms with Crippen molar-refractivity contribution in [2.45, 2.75) is 25.3 Å². The SMILES string of the molecule is Cc1cc(NS(=O)(=O)c2ccc(NCc3cnc(Cl)s3)cc2)nc(C)n1. The van der Waals surface area contributed by atoms with Crippen LogP contribution in [0.3, 0.4) is 0 Å². The second kappa shape index (κ2) is 7.56. The van der Waals surface area contributed by atoms with Crippen molar-refractivity contribution in [1.29, 1.82) is 0 Å². The van der Waals surface area contributed by atoms with Crippen molar-refractivity contribution in [3.8, 4) is 0 Å². The van der Waals surface area contributed by atoms with E-state index in [2.05, 4.69) is 25.0 Å². The molecule has 7 nitrogen and oxygen atoms in total. The van der Waals surface area contributed by atoms with Gasteiger partial charge in [0.1, 0.15) is 11.6 Å². The Bertz CT molecular complexity index is 999. The number of benzene rings is 1. The summed E-state index contributed by atoms with van der Waals surface area (Å²) in [5, 5.41) is 3.19. The van der Waals surface area contributed by atoms with Crippen LogP contribution in [-0.2, 0) is 16.6 Å². The fourth-order valence-electron chi connectivity index (χ4n) is 2.27. The van der Waals surface area contributed by atoms with Crippen molar-refractivity contribution in [3.63, 3.8) is 0 Å².